The van der Waals surface area contributed by atoms with Crippen molar-refractivity contribution in [2.45, 2.75) is 78.7 Å². The third-order valence-corrected chi connectivity index (χ3v) is 13.0. The third kappa shape index (κ3) is 7.68. The van der Waals surface area contributed by atoms with E-state index in [1.165, 1.54) is 52.4 Å². The number of allylic oxidation sites excluding steroid dienone is 2. The molecular formula is C46H56N4O12. The Morgan fingerprint density at radius 3 is 2.24 bits per heavy atom. The zero-order valence-electron chi connectivity index (χ0n) is 36.4. The first-order valence-electron chi connectivity index (χ1n) is 20.9. The van der Waals surface area contributed by atoms with E-state index in [1.807, 2.05) is 11.9 Å². The number of hydrogen-bond acceptors (Lipinski definition) is 15. The number of Topliss-reactive ketones (excluding diaryl/α,β-unsaturated/α-hetero) is 1. The Bertz CT molecular complexity index is 2590. The number of ketones is 1. The lowest BCUT2D eigenvalue weighted by molar-refractivity contribution is -0.112. The number of hydrogen-bond donors (Lipinski definition) is 6. The summed E-state index contributed by atoms with van der Waals surface area (Å²) in [5.41, 5.74) is -0.368. The molecule has 1 amide bonds. The number of anilines is 2. The summed E-state index contributed by atoms with van der Waals surface area (Å²) in [6.07, 6.45) is 3.44. The smallest absolute Gasteiger partial charge is 0.312 e. The topological polar surface area (TPSA) is 225 Å². The van der Waals surface area contributed by atoms with Gasteiger partial charge in [0.05, 0.1) is 47.3 Å². The molecule has 4 heterocycles. The lowest BCUT2D eigenvalue weighted by Gasteiger charge is -2.36. The number of aromatic hydroxyl groups is 2. The second-order valence-corrected chi connectivity index (χ2v) is 17.2. The number of nitrogens with one attached hydrogen (secondary N) is 1. The number of aliphatic hydroxyl groups is 3. The zero-order chi connectivity index (χ0) is 45.1. The minimum atomic E-state index is -2.04. The molecule has 0 saturated carbocycles. The maximum Gasteiger partial charge on any atom is 0.312 e. The predicted molar refractivity (Wildman–Crippen MR) is 234 cm³/mol. The number of carbonyl (C=O) groups is 2. The summed E-state index contributed by atoms with van der Waals surface area (Å²) in [6.45, 7) is 14.0. The number of nitrogens with zero attached hydrogens (tertiary/aromatic N) is 3. The van der Waals surface area contributed by atoms with Gasteiger partial charge < -0.3 is 59.3 Å². The lowest BCUT2D eigenvalue weighted by Crippen LogP contribution is -2.44. The van der Waals surface area contributed by atoms with E-state index in [2.05, 4.69) is 10.2 Å². The maximum atomic E-state index is 14.7. The van der Waals surface area contributed by atoms with Crippen molar-refractivity contribution in [2.24, 2.45) is 23.7 Å². The molecule has 0 radical (unpaired) electrons. The minimum absolute atomic E-state index is 0.0207. The normalized spacial score (nSPS) is 30.7. The van der Waals surface area contributed by atoms with Crippen molar-refractivity contribution in [3.63, 3.8) is 0 Å². The van der Waals surface area contributed by atoms with Gasteiger partial charge in [0.15, 0.2) is 22.3 Å². The number of likely N-dealkylation sites (N-methyl/N-ethyl adjacent to an activating group) is 1. The van der Waals surface area contributed by atoms with E-state index in [1.54, 1.807) is 45.9 Å². The van der Waals surface area contributed by atoms with Crippen LogP contribution in [0.1, 0.15) is 57.5 Å². The summed E-state index contributed by atoms with van der Waals surface area (Å²) >= 11 is 0. The van der Waals surface area contributed by atoms with Crippen LogP contribution in [0.4, 0.5) is 11.4 Å². The fourth-order valence-electron chi connectivity index (χ4n) is 8.74. The fourth-order valence-corrected chi connectivity index (χ4v) is 8.74. The van der Waals surface area contributed by atoms with E-state index in [4.69, 9.17) is 23.6 Å². The van der Waals surface area contributed by atoms with E-state index in [-0.39, 0.29) is 66.9 Å². The molecule has 4 aromatic rings. The summed E-state index contributed by atoms with van der Waals surface area (Å²) in [6, 6.07) is 3.05. The van der Waals surface area contributed by atoms with Gasteiger partial charge in [0.1, 0.15) is 28.2 Å². The highest BCUT2D eigenvalue weighted by molar-refractivity contribution is 6.26. The number of piperazine rings is 1. The number of phenols is 2. The maximum absolute atomic E-state index is 14.7. The van der Waals surface area contributed by atoms with Crippen LogP contribution in [0.5, 0.6) is 17.2 Å². The average molecular weight is 857 g/mol. The molecule has 0 unspecified atom stereocenters. The van der Waals surface area contributed by atoms with Crippen LogP contribution >= 0.6 is 0 Å². The van der Waals surface area contributed by atoms with E-state index < -0.39 is 76.7 Å². The summed E-state index contributed by atoms with van der Waals surface area (Å²) < 4.78 is 24.4. The number of aliphatic hydroxyl groups excluding tert-OH is 3. The molecule has 4 bridgehead atoms. The van der Waals surface area contributed by atoms with Crippen LogP contribution in [0, 0.1) is 30.6 Å². The van der Waals surface area contributed by atoms with Crippen molar-refractivity contribution in [3.05, 3.63) is 69.6 Å². The highest BCUT2D eigenvalue weighted by atomic mass is 16.7. The molecule has 7 rings (SSSR count). The lowest BCUT2D eigenvalue weighted by atomic mass is 9.78. The molecule has 3 aliphatic heterocycles. The first kappa shape index (κ1) is 44.5. The summed E-state index contributed by atoms with van der Waals surface area (Å²) in [5, 5.41) is 59.7. The standard InChI is InChI=1S/C46H56N4O12/c1-21-11-10-12-22(2)45(58)48-36-41(56)33-32(35-43(36)61-31-20-28(29(51)19-27(31)47-35)50-16-14-49(8)15-17-50)34-42(26(6)40(33)55)62-46(7,44(34)57)60-18-13-30(59-9)23(3)38(53)25(5)39(54)24(4)37(21)52/h10-13,18-21,23-25,30,37-39,51-54,56H,14-17H2,1-9H3,(H,48,58)/b11-10-,18-13?,22-12-/t21-,23+,24+,25-,30-,37-,38+,39+,46-/m0/s1. The largest absolute Gasteiger partial charge is 0.506 e. The van der Waals surface area contributed by atoms with Crippen LogP contribution in [0.3, 0.4) is 0 Å². The van der Waals surface area contributed by atoms with Gasteiger partial charge in [0.25, 0.3) is 11.7 Å². The Balaban J connectivity index is 1.45. The number of amides is 1. The Labute approximate surface area is 358 Å². The van der Waals surface area contributed by atoms with Gasteiger partial charge in [-0.2, -0.15) is 0 Å². The summed E-state index contributed by atoms with van der Waals surface area (Å²) in [4.78, 5) is 51.9. The van der Waals surface area contributed by atoms with Crippen molar-refractivity contribution in [2.75, 3.05) is 50.6 Å². The molecule has 1 aromatic heterocycles. The van der Waals surface area contributed by atoms with E-state index in [0.29, 0.717) is 18.8 Å². The molecule has 0 aliphatic carbocycles. The first-order chi connectivity index (χ1) is 29.3. The van der Waals surface area contributed by atoms with Gasteiger partial charge in [-0.05, 0) is 27.0 Å². The molecule has 0 spiro atoms. The zero-order valence-corrected chi connectivity index (χ0v) is 36.4. The molecule has 1 fully saturated rings. The molecule has 3 aliphatic rings. The third-order valence-electron chi connectivity index (χ3n) is 13.0. The van der Waals surface area contributed by atoms with Gasteiger partial charge >= 0.3 is 5.79 Å². The van der Waals surface area contributed by atoms with Gasteiger partial charge in [0, 0.05) is 92.5 Å². The summed E-state index contributed by atoms with van der Waals surface area (Å²) in [5.74, 6) is -6.77. The van der Waals surface area contributed by atoms with Crippen molar-refractivity contribution >= 4 is 56.0 Å². The van der Waals surface area contributed by atoms with Crippen molar-refractivity contribution in [1.82, 2.24) is 9.88 Å². The molecule has 332 valence electrons. The second kappa shape index (κ2) is 17.0. The van der Waals surface area contributed by atoms with Crippen molar-refractivity contribution in [3.8, 4) is 17.2 Å². The van der Waals surface area contributed by atoms with Crippen LogP contribution in [0.25, 0.3) is 33.0 Å². The van der Waals surface area contributed by atoms with Gasteiger partial charge in [-0.25, -0.2) is 4.98 Å². The molecule has 1 saturated heterocycles. The highest BCUT2D eigenvalue weighted by Crippen LogP contribution is 2.49. The molecule has 9 atom stereocenters. The van der Waals surface area contributed by atoms with Crippen molar-refractivity contribution < 1.29 is 53.7 Å². The molecule has 6 N–H and O–H groups in total. The number of fused-ring (bicyclic) bond motifs is 2. The minimum Gasteiger partial charge on any atom is -0.506 e. The molecule has 62 heavy (non-hydrogen) atoms. The van der Waals surface area contributed by atoms with E-state index in [0.717, 1.165) is 13.1 Å². The Morgan fingerprint density at radius 1 is 0.903 bits per heavy atom. The number of carbonyl (C=O) groups excluding carboxylic acids is 2. The van der Waals surface area contributed by atoms with Crippen molar-refractivity contribution in [1.29, 1.82) is 0 Å². The van der Waals surface area contributed by atoms with E-state index >= 15 is 0 Å². The average Bonchev–Trinajstić information content (AvgIpc) is 3.51. The Kier molecular flexibility index (Phi) is 12.2. The number of benzene rings is 3. The van der Waals surface area contributed by atoms with Crippen LogP contribution in [0.2, 0.25) is 0 Å². The fraction of sp³-hybridized carbons (Fsp3) is 0.478. The Hall–Kier alpha value is -5.52. The first-order valence-corrected chi connectivity index (χ1v) is 20.9. The molecule has 16 nitrogen and oxygen atoms in total. The number of methoxy groups -OCH3 is 1. The highest BCUT2D eigenvalue weighted by Gasteiger charge is 2.49. The predicted octanol–water partition coefficient (Wildman–Crippen LogP) is 4.88. The molecular weight excluding hydrogens is 801 g/mol. The van der Waals surface area contributed by atoms with Gasteiger partial charge in [-0.15, -0.1) is 0 Å². The quantitative estimate of drug-likeness (QED) is 0.0898. The molecule has 16 heteroatoms. The number of aromatic nitrogens is 1. The number of phenolic OH excluding ortho intramolecular Hbond substituents is 2. The van der Waals surface area contributed by atoms with Crippen LogP contribution in [-0.2, 0) is 14.3 Å². The number of ether oxygens (including phenoxy) is 3. The number of rotatable bonds is 2. The second-order valence-electron chi connectivity index (χ2n) is 17.2. The molecule has 3 aromatic carbocycles. The summed E-state index contributed by atoms with van der Waals surface area (Å²) in [7, 11) is 3.45. The van der Waals surface area contributed by atoms with Gasteiger partial charge in [-0.1, -0.05) is 45.9 Å². The SMILES string of the molecule is CO[C@H]1C=CO[C@@]2(C)Oc3c(C)c(=O)c4c(O)c(c5oc6cc(N7CCN(C)CC7)c(O)cc6nc5c4c3C2=O)NC(=O)/C(C)=C\C=C/[C@H](C)[C@H](O)[C@@H](C)[C@@H](O)[C@@H](C)[C@H](O)[C@@H]1C. The van der Waals surface area contributed by atoms with E-state index in [9.17, 15) is 39.9 Å². The van der Waals surface area contributed by atoms with Crippen LogP contribution < -0.4 is 20.4 Å². The van der Waals surface area contributed by atoms with Gasteiger partial charge in [0.2, 0.25) is 0 Å². The van der Waals surface area contributed by atoms with Gasteiger partial charge in [-0.3, -0.25) is 14.4 Å². The monoisotopic (exact) mass is 856 g/mol. The Morgan fingerprint density at radius 2 is 1.56 bits per heavy atom. The van der Waals surface area contributed by atoms with Crippen LogP contribution in [0.15, 0.2) is 57.5 Å². The van der Waals surface area contributed by atoms with Crippen LogP contribution in [-0.4, -0.2) is 118 Å².